The number of nitrogens with zero attached hydrogens (tertiary/aromatic N) is 1. The fourth-order valence-corrected chi connectivity index (χ4v) is 1.79. The molecular weight excluding hydrogens is 244 g/mol. The molecule has 2 rings (SSSR count). The topological polar surface area (TPSA) is 60.5 Å². The largest absolute Gasteiger partial charge is 0.497 e. The monoisotopic (exact) mass is 260 g/mol. The van der Waals surface area contributed by atoms with E-state index in [2.05, 4.69) is 10.3 Å². The molecule has 2 aromatic rings. The second-order valence-corrected chi connectivity index (χ2v) is 3.91. The molecule has 0 bridgehead atoms. The molecule has 0 fully saturated rings. The number of benzene rings is 1. The summed E-state index contributed by atoms with van der Waals surface area (Å²) in [5.74, 6) is 1.15. The Labute approximate surface area is 111 Å². The molecule has 1 aromatic heterocycles. The molecule has 0 aliphatic heterocycles. The lowest BCUT2D eigenvalue weighted by Crippen LogP contribution is -2.17. The zero-order valence-corrected chi connectivity index (χ0v) is 11.0. The third-order valence-electron chi connectivity index (χ3n) is 2.68. The maximum Gasteiger partial charge on any atom is 0.325 e. The Morgan fingerprint density at radius 2 is 2.21 bits per heavy atom. The van der Waals surface area contributed by atoms with Crippen LogP contribution in [0, 0.1) is 0 Å². The van der Waals surface area contributed by atoms with Crippen LogP contribution in [0.5, 0.6) is 5.75 Å². The van der Waals surface area contributed by atoms with Crippen molar-refractivity contribution in [3.05, 3.63) is 30.5 Å². The van der Waals surface area contributed by atoms with Crippen molar-refractivity contribution in [3.8, 4) is 5.75 Å². The number of rotatable bonds is 5. The van der Waals surface area contributed by atoms with Gasteiger partial charge >= 0.3 is 5.97 Å². The van der Waals surface area contributed by atoms with E-state index in [1.807, 2.05) is 24.3 Å². The van der Waals surface area contributed by atoms with Crippen molar-refractivity contribution < 1.29 is 14.3 Å². The van der Waals surface area contributed by atoms with Gasteiger partial charge in [-0.25, -0.2) is 4.98 Å². The van der Waals surface area contributed by atoms with E-state index >= 15 is 0 Å². The van der Waals surface area contributed by atoms with Crippen LogP contribution in [-0.2, 0) is 9.53 Å². The summed E-state index contributed by atoms with van der Waals surface area (Å²) in [4.78, 5) is 15.6. The van der Waals surface area contributed by atoms with E-state index < -0.39 is 0 Å². The van der Waals surface area contributed by atoms with E-state index in [9.17, 15) is 4.79 Å². The molecule has 1 N–H and O–H groups in total. The van der Waals surface area contributed by atoms with Crippen LogP contribution in [0.1, 0.15) is 6.92 Å². The zero-order chi connectivity index (χ0) is 13.7. The average Bonchev–Trinajstić information content (AvgIpc) is 2.44. The van der Waals surface area contributed by atoms with Gasteiger partial charge in [0.1, 0.15) is 18.1 Å². The number of pyridine rings is 1. The van der Waals surface area contributed by atoms with Gasteiger partial charge in [-0.05, 0) is 36.6 Å². The lowest BCUT2D eigenvalue weighted by Gasteiger charge is -2.09. The molecule has 0 spiro atoms. The molecule has 0 aliphatic rings. The number of hydrogen-bond donors (Lipinski definition) is 1. The van der Waals surface area contributed by atoms with Crippen molar-refractivity contribution in [3.63, 3.8) is 0 Å². The number of ether oxygens (including phenoxy) is 2. The highest BCUT2D eigenvalue weighted by Gasteiger charge is 2.06. The van der Waals surface area contributed by atoms with Gasteiger partial charge in [0.15, 0.2) is 0 Å². The van der Waals surface area contributed by atoms with Crippen LogP contribution in [0.2, 0.25) is 0 Å². The minimum Gasteiger partial charge on any atom is -0.497 e. The molecule has 19 heavy (non-hydrogen) atoms. The van der Waals surface area contributed by atoms with Crippen molar-refractivity contribution in [2.45, 2.75) is 6.92 Å². The van der Waals surface area contributed by atoms with Crippen molar-refractivity contribution >= 4 is 22.6 Å². The number of fused-ring (bicyclic) bond motifs is 1. The van der Waals surface area contributed by atoms with Gasteiger partial charge in [-0.2, -0.15) is 0 Å². The molecule has 100 valence electrons. The van der Waals surface area contributed by atoms with Gasteiger partial charge < -0.3 is 14.8 Å². The van der Waals surface area contributed by atoms with Crippen molar-refractivity contribution in [2.75, 3.05) is 25.6 Å². The normalized spacial score (nSPS) is 10.2. The minimum absolute atomic E-state index is 0.103. The number of hydrogen-bond acceptors (Lipinski definition) is 5. The van der Waals surface area contributed by atoms with Gasteiger partial charge in [-0.15, -0.1) is 0 Å². The summed E-state index contributed by atoms with van der Waals surface area (Å²) in [5.41, 5.74) is 0. The third-order valence-corrected chi connectivity index (χ3v) is 2.68. The lowest BCUT2D eigenvalue weighted by atomic mass is 10.1. The van der Waals surface area contributed by atoms with Crippen LogP contribution in [0.4, 0.5) is 5.82 Å². The summed E-state index contributed by atoms with van der Waals surface area (Å²) >= 11 is 0. The Kier molecular flexibility index (Phi) is 4.18. The Bertz CT molecular complexity index is 584. The standard InChI is InChI=1S/C14H16N2O3/c1-3-19-13(17)9-16-14-12-5-4-11(18-2)8-10(12)6-7-15-14/h4-8H,3,9H2,1-2H3,(H,15,16). The van der Waals surface area contributed by atoms with E-state index in [0.717, 1.165) is 16.5 Å². The van der Waals surface area contributed by atoms with Crippen LogP contribution in [0.3, 0.4) is 0 Å². The first-order valence-corrected chi connectivity index (χ1v) is 6.07. The van der Waals surface area contributed by atoms with Crippen LogP contribution in [0.25, 0.3) is 10.8 Å². The van der Waals surface area contributed by atoms with Gasteiger partial charge in [0.05, 0.1) is 13.7 Å². The smallest absolute Gasteiger partial charge is 0.325 e. The molecule has 0 saturated carbocycles. The molecule has 0 aliphatic carbocycles. The summed E-state index contributed by atoms with van der Waals surface area (Å²) in [6.07, 6.45) is 1.69. The number of esters is 1. The summed E-state index contributed by atoms with van der Waals surface area (Å²) in [6.45, 7) is 2.26. The van der Waals surface area contributed by atoms with Gasteiger partial charge in [-0.3, -0.25) is 4.79 Å². The summed E-state index contributed by atoms with van der Waals surface area (Å²) in [6, 6.07) is 7.59. The van der Waals surface area contributed by atoms with Gasteiger partial charge in [-0.1, -0.05) is 0 Å². The summed E-state index contributed by atoms with van der Waals surface area (Å²) < 4.78 is 10.0. The molecule has 0 radical (unpaired) electrons. The predicted molar refractivity (Wildman–Crippen MR) is 73.4 cm³/mol. The fourth-order valence-electron chi connectivity index (χ4n) is 1.79. The first-order valence-electron chi connectivity index (χ1n) is 6.07. The molecular formula is C14H16N2O3. The van der Waals surface area contributed by atoms with Crippen LogP contribution < -0.4 is 10.1 Å². The molecule has 0 amide bonds. The summed E-state index contributed by atoms with van der Waals surface area (Å²) in [7, 11) is 1.63. The van der Waals surface area contributed by atoms with Crippen LogP contribution in [-0.4, -0.2) is 31.2 Å². The molecule has 0 saturated heterocycles. The number of methoxy groups -OCH3 is 1. The van der Waals surface area contributed by atoms with E-state index in [4.69, 9.17) is 9.47 Å². The second-order valence-electron chi connectivity index (χ2n) is 3.91. The van der Waals surface area contributed by atoms with Crippen molar-refractivity contribution in [1.29, 1.82) is 0 Å². The zero-order valence-electron chi connectivity index (χ0n) is 11.0. The lowest BCUT2D eigenvalue weighted by molar-refractivity contribution is -0.140. The average molecular weight is 260 g/mol. The number of anilines is 1. The van der Waals surface area contributed by atoms with E-state index in [1.165, 1.54) is 0 Å². The fraction of sp³-hybridized carbons (Fsp3) is 0.286. The first kappa shape index (κ1) is 13.1. The second kappa shape index (κ2) is 6.04. The van der Waals surface area contributed by atoms with E-state index in [-0.39, 0.29) is 12.5 Å². The Hall–Kier alpha value is -2.30. The maximum absolute atomic E-state index is 11.3. The number of aromatic nitrogens is 1. The van der Waals surface area contributed by atoms with E-state index in [1.54, 1.807) is 20.2 Å². The van der Waals surface area contributed by atoms with Gasteiger partial charge in [0.2, 0.25) is 0 Å². The highest BCUT2D eigenvalue weighted by molar-refractivity contribution is 5.93. The third kappa shape index (κ3) is 3.13. The highest BCUT2D eigenvalue weighted by atomic mass is 16.5. The van der Waals surface area contributed by atoms with Crippen molar-refractivity contribution in [2.24, 2.45) is 0 Å². The maximum atomic E-state index is 11.3. The number of carbonyl (C=O) groups excluding carboxylic acids is 1. The molecule has 0 atom stereocenters. The van der Waals surface area contributed by atoms with Crippen LogP contribution >= 0.6 is 0 Å². The number of nitrogens with one attached hydrogen (secondary N) is 1. The SMILES string of the molecule is CCOC(=O)CNc1nccc2cc(OC)ccc12. The summed E-state index contributed by atoms with van der Waals surface area (Å²) in [5, 5.41) is 4.92. The molecule has 1 heterocycles. The van der Waals surface area contributed by atoms with Crippen LogP contribution in [0.15, 0.2) is 30.5 Å². The Balaban J connectivity index is 2.21. The Morgan fingerprint density at radius 1 is 1.37 bits per heavy atom. The first-order chi connectivity index (χ1) is 9.24. The quantitative estimate of drug-likeness (QED) is 0.835. The molecule has 0 unspecified atom stereocenters. The Morgan fingerprint density at radius 3 is 2.95 bits per heavy atom. The van der Waals surface area contributed by atoms with Gasteiger partial charge in [0, 0.05) is 11.6 Å². The minimum atomic E-state index is -0.296. The molecule has 1 aromatic carbocycles. The number of carbonyl (C=O) groups is 1. The van der Waals surface area contributed by atoms with Gasteiger partial charge in [0.25, 0.3) is 0 Å². The molecule has 5 heteroatoms. The highest BCUT2D eigenvalue weighted by Crippen LogP contribution is 2.25. The van der Waals surface area contributed by atoms with E-state index in [0.29, 0.717) is 12.4 Å². The predicted octanol–water partition coefficient (Wildman–Crippen LogP) is 2.22. The molecule has 5 nitrogen and oxygen atoms in total. The van der Waals surface area contributed by atoms with Crippen molar-refractivity contribution in [1.82, 2.24) is 4.98 Å².